The molecule has 0 aliphatic carbocycles. The number of pyridine rings is 1. The van der Waals surface area contributed by atoms with E-state index in [1.807, 2.05) is 34.6 Å². The van der Waals surface area contributed by atoms with E-state index in [4.69, 9.17) is 9.68 Å². The number of rotatable bonds is 11. The van der Waals surface area contributed by atoms with Crippen LogP contribution in [0, 0.1) is 11.8 Å². The van der Waals surface area contributed by atoms with Gasteiger partial charge in [-0.1, -0.05) is 33.8 Å². The van der Waals surface area contributed by atoms with Gasteiger partial charge in [-0.05, 0) is 30.9 Å². The van der Waals surface area contributed by atoms with Crippen molar-refractivity contribution in [2.24, 2.45) is 11.8 Å². The van der Waals surface area contributed by atoms with Crippen molar-refractivity contribution in [1.82, 2.24) is 26.2 Å². The van der Waals surface area contributed by atoms with Crippen LogP contribution in [0.25, 0.3) is 0 Å². The first-order valence-electron chi connectivity index (χ1n) is 11.0. The number of nitrogens with one attached hydrogen (secondary N) is 3. The predicted molar refractivity (Wildman–Crippen MR) is 118 cm³/mol. The third kappa shape index (κ3) is 8.10. The highest BCUT2D eigenvalue weighted by atomic mass is 16.7. The normalized spacial score (nSPS) is 18.0. The molecule has 182 valence electrons. The summed E-state index contributed by atoms with van der Waals surface area (Å²) in [6, 6.07) is 4.28. The molecule has 1 aliphatic rings. The van der Waals surface area contributed by atoms with Crippen LogP contribution in [0.2, 0.25) is 0 Å². The summed E-state index contributed by atoms with van der Waals surface area (Å²) in [6.07, 6.45) is -0.312. The molecule has 0 radical (unpaired) electrons. The van der Waals surface area contributed by atoms with Crippen molar-refractivity contribution in [3.8, 4) is 0 Å². The Kier molecular flexibility index (Phi) is 9.74. The molecule has 0 aromatic carbocycles. The summed E-state index contributed by atoms with van der Waals surface area (Å²) in [7, 11) is 0. The Morgan fingerprint density at radius 2 is 1.73 bits per heavy atom. The number of hydrogen-bond acceptors (Lipinski definition) is 7. The van der Waals surface area contributed by atoms with Gasteiger partial charge in [0.15, 0.2) is 12.7 Å². The van der Waals surface area contributed by atoms with Crippen LogP contribution in [0.1, 0.15) is 62.0 Å². The Labute approximate surface area is 193 Å². The fourth-order valence-electron chi connectivity index (χ4n) is 3.15. The molecule has 1 aromatic heterocycles. The third-order valence-electron chi connectivity index (χ3n) is 4.79. The summed E-state index contributed by atoms with van der Waals surface area (Å²) in [5.41, 5.74) is 4.21. The monoisotopic (exact) mass is 463 g/mol. The molecule has 11 heteroatoms. The summed E-state index contributed by atoms with van der Waals surface area (Å²) in [6.45, 7) is 10.7. The molecule has 0 saturated carbocycles. The molecule has 1 saturated heterocycles. The molecule has 11 nitrogen and oxygen atoms in total. The third-order valence-corrected chi connectivity index (χ3v) is 4.79. The van der Waals surface area contributed by atoms with Crippen molar-refractivity contribution in [1.29, 1.82) is 0 Å². The van der Waals surface area contributed by atoms with E-state index in [-0.39, 0.29) is 35.9 Å². The quantitative estimate of drug-likeness (QED) is 0.413. The van der Waals surface area contributed by atoms with E-state index in [2.05, 4.69) is 21.3 Å². The molecule has 33 heavy (non-hydrogen) atoms. The maximum Gasteiger partial charge on any atom is 0.293 e. The minimum absolute atomic E-state index is 0.0133. The van der Waals surface area contributed by atoms with E-state index in [0.717, 1.165) is 0 Å². The van der Waals surface area contributed by atoms with Gasteiger partial charge in [0.25, 0.3) is 17.7 Å². The van der Waals surface area contributed by atoms with Gasteiger partial charge in [-0.15, -0.1) is 0 Å². The van der Waals surface area contributed by atoms with Gasteiger partial charge in [-0.2, -0.15) is 0 Å². The molecule has 1 aliphatic heterocycles. The number of likely N-dealkylation sites (tertiary alicyclic amines) is 1. The highest BCUT2D eigenvalue weighted by Gasteiger charge is 2.38. The van der Waals surface area contributed by atoms with E-state index in [1.54, 1.807) is 4.90 Å². The average Bonchev–Trinajstić information content (AvgIpc) is 3.03. The van der Waals surface area contributed by atoms with Gasteiger partial charge >= 0.3 is 0 Å². The van der Waals surface area contributed by atoms with E-state index in [9.17, 15) is 19.2 Å². The van der Waals surface area contributed by atoms with Gasteiger partial charge < -0.3 is 10.2 Å². The summed E-state index contributed by atoms with van der Waals surface area (Å²) < 4.78 is 0. The molecule has 0 spiro atoms. The second-order valence-electron chi connectivity index (χ2n) is 8.83. The van der Waals surface area contributed by atoms with Crippen molar-refractivity contribution in [3.05, 3.63) is 29.6 Å². The summed E-state index contributed by atoms with van der Waals surface area (Å²) >= 11 is 0. The SMILES string of the molecule is CC(C)CNC(=O)CONC(=O)c1cccc(C(=O)NOC2CC(C)N(CC(C)C)C2=O)n1. The largest absolute Gasteiger partial charge is 0.354 e. The number of amides is 4. The number of carbonyl (C=O) groups is 4. The van der Waals surface area contributed by atoms with Crippen molar-refractivity contribution >= 4 is 23.6 Å². The lowest BCUT2D eigenvalue weighted by atomic mass is 10.2. The second kappa shape index (κ2) is 12.3. The lowest BCUT2D eigenvalue weighted by molar-refractivity contribution is -0.141. The van der Waals surface area contributed by atoms with Crippen molar-refractivity contribution < 1.29 is 28.9 Å². The first kappa shape index (κ1) is 26.2. The standard InChI is InChI=1S/C22H33N5O6/c1-13(2)10-23-19(28)12-32-25-20(29)16-7-6-8-17(24-16)21(30)26-33-18-9-15(5)27(22(18)31)11-14(3)4/h6-8,13-15,18H,9-12H2,1-5H3,(H,23,28)(H,25,29)(H,26,30). The zero-order chi connectivity index (χ0) is 24.5. The molecule has 2 rings (SSSR count). The second-order valence-corrected chi connectivity index (χ2v) is 8.83. The summed E-state index contributed by atoms with van der Waals surface area (Å²) in [5.74, 6) is -1.34. The van der Waals surface area contributed by atoms with Gasteiger partial charge in [-0.3, -0.25) is 28.9 Å². The van der Waals surface area contributed by atoms with Crippen molar-refractivity contribution in [3.63, 3.8) is 0 Å². The van der Waals surface area contributed by atoms with Gasteiger partial charge in [0, 0.05) is 25.6 Å². The Morgan fingerprint density at radius 3 is 2.33 bits per heavy atom. The maximum absolute atomic E-state index is 12.5. The van der Waals surface area contributed by atoms with Crippen molar-refractivity contribution in [2.45, 2.75) is 53.2 Å². The summed E-state index contributed by atoms with van der Waals surface area (Å²) in [4.78, 5) is 64.7. The Hall–Kier alpha value is -3.05. The Bertz CT molecular complexity index is 859. The van der Waals surface area contributed by atoms with Gasteiger partial charge in [-0.25, -0.2) is 15.9 Å². The first-order valence-corrected chi connectivity index (χ1v) is 11.0. The number of aromatic nitrogens is 1. The first-order chi connectivity index (χ1) is 15.6. The Morgan fingerprint density at radius 1 is 1.09 bits per heavy atom. The predicted octanol–water partition coefficient (Wildman–Crippen LogP) is 0.822. The molecule has 2 heterocycles. The molecule has 1 aromatic rings. The molecule has 3 N–H and O–H groups in total. The van der Waals surface area contributed by atoms with E-state index < -0.39 is 17.9 Å². The smallest absolute Gasteiger partial charge is 0.293 e. The maximum atomic E-state index is 12.5. The fraction of sp³-hybridized carbons (Fsp3) is 0.591. The van der Waals surface area contributed by atoms with Crippen LogP contribution in [0.4, 0.5) is 0 Å². The lowest BCUT2D eigenvalue weighted by Gasteiger charge is -2.23. The summed E-state index contributed by atoms with van der Waals surface area (Å²) in [5, 5.41) is 2.65. The number of hydroxylamine groups is 2. The van der Waals surface area contributed by atoms with Crippen LogP contribution in [-0.2, 0) is 19.3 Å². The highest BCUT2D eigenvalue weighted by Crippen LogP contribution is 2.22. The molecule has 0 bridgehead atoms. The van der Waals surface area contributed by atoms with Crippen LogP contribution in [0.15, 0.2) is 18.2 Å². The molecular formula is C22H33N5O6. The van der Waals surface area contributed by atoms with Gasteiger partial charge in [0.1, 0.15) is 11.4 Å². The highest BCUT2D eigenvalue weighted by molar-refractivity contribution is 5.95. The van der Waals surface area contributed by atoms with Crippen molar-refractivity contribution in [2.75, 3.05) is 19.7 Å². The van der Waals surface area contributed by atoms with Crippen LogP contribution in [0.3, 0.4) is 0 Å². The lowest BCUT2D eigenvalue weighted by Crippen LogP contribution is -2.39. The number of hydrogen-bond donors (Lipinski definition) is 3. The minimum atomic E-state index is -0.774. The molecule has 2 unspecified atom stereocenters. The number of nitrogens with zero attached hydrogens (tertiary/aromatic N) is 2. The van der Waals surface area contributed by atoms with Crippen LogP contribution in [0.5, 0.6) is 0 Å². The van der Waals surface area contributed by atoms with E-state index in [1.165, 1.54) is 18.2 Å². The van der Waals surface area contributed by atoms with Crippen LogP contribution in [-0.4, -0.2) is 65.4 Å². The van der Waals surface area contributed by atoms with E-state index in [0.29, 0.717) is 31.3 Å². The van der Waals surface area contributed by atoms with E-state index >= 15 is 0 Å². The molecule has 2 atom stereocenters. The van der Waals surface area contributed by atoms with Gasteiger partial charge in [0.2, 0.25) is 5.91 Å². The molecule has 4 amide bonds. The average molecular weight is 464 g/mol. The fourth-order valence-corrected chi connectivity index (χ4v) is 3.15. The zero-order valence-corrected chi connectivity index (χ0v) is 19.7. The topological polar surface area (TPSA) is 139 Å². The van der Waals surface area contributed by atoms with Crippen LogP contribution < -0.4 is 16.3 Å². The zero-order valence-electron chi connectivity index (χ0n) is 19.7. The Balaban J connectivity index is 1.84. The molecular weight excluding hydrogens is 430 g/mol. The molecule has 1 fully saturated rings. The minimum Gasteiger partial charge on any atom is -0.354 e. The van der Waals surface area contributed by atoms with Crippen LogP contribution >= 0.6 is 0 Å². The number of carbonyl (C=O) groups excluding carboxylic acids is 4. The van der Waals surface area contributed by atoms with Gasteiger partial charge in [0.05, 0.1) is 0 Å².